The molecule has 9 nitrogen and oxygen atoms in total. The Hall–Kier alpha value is -4.79. The number of hydrazone groups is 1. The molecule has 3 aromatic rings. The van der Waals surface area contributed by atoms with E-state index in [4.69, 9.17) is 23.7 Å². The fourth-order valence-electron chi connectivity index (χ4n) is 3.34. The number of hydrogen-bond donors (Lipinski definition) is 1. The topological polar surface area (TPSA) is 105 Å². The monoisotopic (exact) mass is 518 g/mol. The quantitative estimate of drug-likeness (QED) is 0.116. The summed E-state index contributed by atoms with van der Waals surface area (Å²) in [6.07, 6.45) is 3.92. The van der Waals surface area contributed by atoms with Crippen LogP contribution in [0.2, 0.25) is 0 Å². The van der Waals surface area contributed by atoms with Crippen LogP contribution in [-0.2, 0) is 11.2 Å². The van der Waals surface area contributed by atoms with Crippen molar-refractivity contribution in [2.75, 3.05) is 27.4 Å². The van der Waals surface area contributed by atoms with E-state index in [2.05, 4.69) is 17.1 Å². The van der Waals surface area contributed by atoms with Gasteiger partial charge in [-0.25, -0.2) is 10.2 Å². The first-order chi connectivity index (χ1) is 18.5. The summed E-state index contributed by atoms with van der Waals surface area (Å²) < 4.78 is 27.1. The largest absolute Gasteiger partial charge is 0.494 e. The van der Waals surface area contributed by atoms with Gasteiger partial charge in [-0.3, -0.25) is 4.79 Å². The summed E-state index contributed by atoms with van der Waals surface area (Å²) in [6.45, 7) is 5.89. The van der Waals surface area contributed by atoms with E-state index in [1.54, 1.807) is 54.6 Å². The second-order valence-electron chi connectivity index (χ2n) is 7.82. The number of amides is 1. The molecule has 0 saturated heterocycles. The van der Waals surface area contributed by atoms with E-state index >= 15 is 0 Å². The molecule has 0 fully saturated rings. The second-order valence-corrected chi connectivity index (χ2v) is 7.82. The molecule has 9 heteroatoms. The molecule has 0 radical (unpaired) electrons. The highest BCUT2D eigenvalue weighted by atomic mass is 16.6. The fraction of sp³-hybridized carbons (Fsp3) is 0.207. The van der Waals surface area contributed by atoms with Gasteiger partial charge in [0.15, 0.2) is 29.6 Å². The number of hydrogen-bond acceptors (Lipinski definition) is 8. The molecule has 0 atom stereocenters. The predicted molar refractivity (Wildman–Crippen MR) is 144 cm³/mol. The summed E-state index contributed by atoms with van der Waals surface area (Å²) in [6, 6.07) is 17.0. The molecular formula is C29H30N2O7. The van der Waals surface area contributed by atoms with E-state index < -0.39 is 11.9 Å². The Morgan fingerprint density at radius 2 is 1.61 bits per heavy atom. The van der Waals surface area contributed by atoms with Gasteiger partial charge in [0.25, 0.3) is 5.91 Å². The summed E-state index contributed by atoms with van der Waals surface area (Å²) in [5.41, 5.74) is 4.41. The molecule has 38 heavy (non-hydrogen) atoms. The summed E-state index contributed by atoms with van der Waals surface area (Å²) in [4.78, 5) is 24.7. The lowest BCUT2D eigenvalue weighted by Gasteiger charge is -2.11. The van der Waals surface area contributed by atoms with Crippen molar-refractivity contribution in [2.24, 2.45) is 5.10 Å². The average Bonchev–Trinajstić information content (AvgIpc) is 2.93. The van der Waals surface area contributed by atoms with Crippen LogP contribution in [0, 0.1) is 0 Å². The zero-order valence-electron chi connectivity index (χ0n) is 21.6. The van der Waals surface area contributed by atoms with Crippen molar-refractivity contribution in [3.05, 3.63) is 90.0 Å². The molecule has 3 aromatic carbocycles. The molecular weight excluding hydrogens is 488 g/mol. The Labute approximate surface area is 221 Å². The minimum absolute atomic E-state index is 0.244. The lowest BCUT2D eigenvalue weighted by atomic mass is 10.1. The van der Waals surface area contributed by atoms with E-state index in [1.807, 2.05) is 19.1 Å². The number of benzene rings is 3. The van der Waals surface area contributed by atoms with Gasteiger partial charge in [-0.05, 0) is 79.1 Å². The third-order valence-corrected chi connectivity index (χ3v) is 5.16. The van der Waals surface area contributed by atoms with E-state index in [-0.39, 0.29) is 12.4 Å². The number of ether oxygens (including phenoxy) is 5. The van der Waals surface area contributed by atoms with Crippen molar-refractivity contribution in [3.63, 3.8) is 0 Å². The van der Waals surface area contributed by atoms with Gasteiger partial charge in [0, 0.05) is 0 Å². The molecule has 0 unspecified atom stereocenters. The van der Waals surface area contributed by atoms with Crippen molar-refractivity contribution >= 4 is 18.1 Å². The maximum absolute atomic E-state index is 12.5. The number of rotatable bonds is 13. The third kappa shape index (κ3) is 7.86. The lowest BCUT2D eigenvalue weighted by Crippen LogP contribution is -2.24. The van der Waals surface area contributed by atoms with E-state index in [9.17, 15) is 9.59 Å². The van der Waals surface area contributed by atoms with Crippen molar-refractivity contribution in [2.45, 2.75) is 13.3 Å². The highest BCUT2D eigenvalue weighted by Crippen LogP contribution is 2.29. The molecule has 0 aliphatic heterocycles. The van der Waals surface area contributed by atoms with Gasteiger partial charge < -0.3 is 23.7 Å². The molecule has 0 aliphatic rings. The van der Waals surface area contributed by atoms with Gasteiger partial charge in [0.05, 0.1) is 32.6 Å². The van der Waals surface area contributed by atoms with Gasteiger partial charge in [0.2, 0.25) is 0 Å². The zero-order valence-corrected chi connectivity index (χ0v) is 21.6. The van der Waals surface area contributed by atoms with E-state index in [0.29, 0.717) is 47.2 Å². The van der Waals surface area contributed by atoms with Crippen molar-refractivity contribution in [1.82, 2.24) is 5.43 Å². The van der Waals surface area contributed by atoms with Gasteiger partial charge in [-0.2, -0.15) is 5.10 Å². The van der Waals surface area contributed by atoms with Gasteiger partial charge >= 0.3 is 5.97 Å². The Morgan fingerprint density at radius 1 is 0.895 bits per heavy atom. The second kappa shape index (κ2) is 14.1. The highest BCUT2D eigenvalue weighted by molar-refractivity contribution is 5.92. The molecule has 1 amide bonds. The lowest BCUT2D eigenvalue weighted by molar-refractivity contribution is -0.123. The molecule has 0 bridgehead atoms. The Bertz CT molecular complexity index is 1290. The fourth-order valence-corrected chi connectivity index (χ4v) is 3.34. The normalized spacial score (nSPS) is 10.5. The van der Waals surface area contributed by atoms with Crippen LogP contribution in [0.1, 0.15) is 28.4 Å². The number of carbonyl (C=O) groups excluding carboxylic acids is 2. The summed E-state index contributed by atoms with van der Waals surface area (Å²) in [5.74, 6) is 1.22. The number of nitrogens with one attached hydrogen (secondary N) is 1. The summed E-state index contributed by atoms with van der Waals surface area (Å²) >= 11 is 0. The van der Waals surface area contributed by atoms with Crippen molar-refractivity contribution in [3.8, 4) is 28.7 Å². The molecule has 0 aliphatic carbocycles. The van der Waals surface area contributed by atoms with Crippen LogP contribution in [-0.4, -0.2) is 45.5 Å². The molecule has 0 saturated carbocycles. The molecule has 0 heterocycles. The van der Waals surface area contributed by atoms with Crippen LogP contribution in [0.15, 0.2) is 78.4 Å². The molecule has 1 N–H and O–H groups in total. The maximum Gasteiger partial charge on any atom is 0.343 e. The molecule has 0 spiro atoms. The smallest absolute Gasteiger partial charge is 0.343 e. The van der Waals surface area contributed by atoms with Crippen LogP contribution in [0.4, 0.5) is 0 Å². The van der Waals surface area contributed by atoms with Crippen LogP contribution < -0.4 is 29.1 Å². The number of methoxy groups -OCH3 is 2. The van der Waals surface area contributed by atoms with Gasteiger partial charge in [-0.15, -0.1) is 6.58 Å². The zero-order chi connectivity index (χ0) is 27.3. The maximum atomic E-state index is 12.5. The molecule has 0 aromatic heterocycles. The number of allylic oxidation sites excluding steroid dienone is 1. The van der Waals surface area contributed by atoms with Crippen LogP contribution in [0.5, 0.6) is 28.7 Å². The minimum atomic E-state index is -0.535. The average molecular weight is 519 g/mol. The number of carbonyl (C=O) groups is 2. The van der Waals surface area contributed by atoms with Crippen LogP contribution in [0.3, 0.4) is 0 Å². The Kier molecular flexibility index (Phi) is 10.3. The van der Waals surface area contributed by atoms with E-state index in [0.717, 1.165) is 5.56 Å². The third-order valence-electron chi connectivity index (χ3n) is 5.16. The van der Waals surface area contributed by atoms with Crippen molar-refractivity contribution in [1.29, 1.82) is 0 Å². The first-order valence-corrected chi connectivity index (χ1v) is 11.8. The van der Waals surface area contributed by atoms with Crippen LogP contribution >= 0.6 is 0 Å². The Morgan fingerprint density at radius 3 is 2.29 bits per heavy atom. The first kappa shape index (κ1) is 27.8. The first-order valence-electron chi connectivity index (χ1n) is 11.8. The minimum Gasteiger partial charge on any atom is -0.494 e. The number of nitrogens with zero attached hydrogens (tertiary/aromatic N) is 1. The predicted octanol–water partition coefficient (Wildman–Crippen LogP) is 4.58. The highest BCUT2D eigenvalue weighted by Gasteiger charge is 2.13. The Balaban J connectivity index is 1.55. The standard InChI is InChI=1S/C29H30N2O7/c1-5-7-20-8-14-24(26(16-20)34-3)37-19-28(32)31-30-18-21-9-15-25(27(17-21)35-4)38-29(33)22-10-12-23(13-11-22)36-6-2/h5,8-18H,1,6-7,19H2,2-4H3,(H,31,32)/b30-18+. The van der Waals surface area contributed by atoms with Crippen molar-refractivity contribution < 1.29 is 33.3 Å². The molecule has 198 valence electrons. The molecule has 3 rings (SSSR count). The summed E-state index contributed by atoms with van der Waals surface area (Å²) in [5, 5.41) is 3.95. The SMILES string of the molecule is C=CCc1ccc(OCC(=O)N/N=C/c2ccc(OC(=O)c3ccc(OCC)cc3)c(OC)c2)c(OC)c1. The number of esters is 1. The van der Waals surface area contributed by atoms with Gasteiger partial charge in [0.1, 0.15) is 5.75 Å². The summed E-state index contributed by atoms with van der Waals surface area (Å²) in [7, 11) is 2.99. The van der Waals surface area contributed by atoms with Gasteiger partial charge in [-0.1, -0.05) is 12.1 Å². The van der Waals surface area contributed by atoms with E-state index in [1.165, 1.54) is 20.4 Å². The van der Waals surface area contributed by atoms with Crippen LogP contribution in [0.25, 0.3) is 0 Å².